The van der Waals surface area contributed by atoms with Gasteiger partial charge in [0.05, 0.1) is 0 Å². The van der Waals surface area contributed by atoms with Crippen molar-refractivity contribution in [2.75, 3.05) is 0 Å². The molecule has 0 unspecified atom stereocenters. The Morgan fingerprint density at radius 2 is 1.58 bits per heavy atom. The highest BCUT2D eigenvalue weighted by Crippen LogP contribution is 2.09. The van der Waals surface area contributed by atoms with E-state index < -0.39 is 0 Å². The SMILES string of the molecule is Cl.Cl.O.c1ccc2[nH]ccc2c1. The van der Waals surface area contributed by atoms with Gasteiger partial charge < -0.3 is 10.5 Å². The molecule has 0 saturated carbocycles. The molecule has 0 saturated heterocycles. The number of aromatic nitrogens is 1. The summed E-state index contributed by atoms with van der Waals surface area (Å²) in [5, 5.41) is 1.28. The molecule has 1 aromatic carbocycles. The molecule has 0 amide bonds. The number of H-pyrrole nitrogens is 1. The van der Waals surface area contributed by atoms with E-state index in [-0.39, 0.29) is 30.3 Å². The highest BCUT2D eigenvalue weighted by atomic mass is 35.5. The van der Waals surface area contributed by atoms with Crippen LogP contribution in [0.2, 0.25) is 0 Å². The van der Waals surface area contributed by atoms with E-state index in [1.54, 1.807) is 0 Å². The average Bonchev–Trinajstić information content (AvgIpc) is 2.33. The molecule has 0 aliphatic rings. The van der Waals surface area contributed by atoms with Gasteiger partial charge in [0.2, 0.25) is 0 Å². The third-order valence-corrected chi connectivity index (χ3v) is 1.46. The van der Waals surface area contributed by atoms with Crippen LogP contribution in [0.4, 0.5) is 0 Å². The van der Waals surface area contributed by atoms with Crippen LogP contribution in [-0.2, 0) is 0 Å². The third kappa shape index (κ3) is 2.41. The highest BCUT2D eigenvalue weighted by Gasteiger charge is 1.86. The zero-order valence-corrected chi connectivity index (χ0v) is 7.91. The van der Waals surface area contributed by atoms with Crippen molar-refractivity contribution in [2.24, 2.45) is 0 Å². The lowest BCUT2D eigenvalue weighted by Crippen LogP contribution is -1.61. The minimum Gasteiger partial charge on any atom is -0.412 e. The predicted molar refractivity (Wildman–Crippen MR) is 56.4 cm³/mol. The molecule has 0 aliphatic carbocycles. The lowest BCUT2D eigenvalue weighted by molar-refractivity contribution is 0.824. The lowest BCUT2D eigenvalue weighted by Gasteiger charge is -1.83. The van der Waals surface area contributed by atoms with Crippen molar-refractivity contribution in [1.29, 1.82) is 0 Å². The number of benzene rings is 1. The van der Waals surface area contributed by atoms with Crippen molar-refractivity contribution in [2.45, 2.75) is 0 Å². The summed E-state index contributed by atoms with van der Waals surface area (Å²) in [6.45, 7) is 0. The van der Waals surface area contributed by atoms with Crippen molar-refractivity contribution >= 4 is 35.7 Å². The maximum Gasteiger partial charge on any atom is 0.0453 e. The fourth-order valence-electron chi connectivity index (χ4n) is 0.995. The molecule has 0 bridgehead atoms. The first-order valence-electron chi connectivity index (χ1n) is 2.99. The van der Waals surface area contributed by atoms with Gasteiger partial charge in [-0.25, -0.2) is 0 Å². The Labute approximate surface area is 83.1 Å². The number of hydrogen-bond acceptors (Lipinski definition) is 0. The first kappa shape index (κ1) is 13.9. The largest absolute Gasteiger partial charge is 0.412 e. The van der Waals surface area contributed by atoms with Crippen molar-refractivity contribution < 1.29 is 5.48 Å². The normalized spacial score (nSPS) is 7.67. The molecule has 0 fully saturated rings. The van der Waals surface area contributed by atoms with Gasteiger partial charge in [-0.05, 0) is 17.5 Å². The van der Waals surface area contributed by atoms with Crippen molar-refractivity contribution in [1.82, 2.24) is 4.98 Å². The molecule has 2 nitrogen and oxygen atoms in total. The van der Waals surface area contributed by atoms with Gasteiger partial charge in [-0.3, -0.25) is 0 Å². The van der Waals surface area contributed by atoms with Gasteiger partial charge in [-0.2, -0.15) is 0 Å². The number of halogens is 2. The van der Waals surface area contributed by atoms with Crippen LogP contribution in [0.15, 0.2) is 36.5 Å². The molecule has 2 aromatic rings. The first-order valence-corrected chi connectivity index (χ1v) is 2.99. The number of nitrogens with one attached hydrogen (secondary N) is 1. The molecule has 68 valence electrons. The van der Waals surface area contributed by atoms with E-state index in [9.17, 15) is 0 Å². The Balaban J connectivity index is 0. The van der Waals surface area contributed by atoms with Crippen LogP contribution in [0.3, 0.4) is 0 Å². The summed E-state index contributed by atoms with van der Waals surface area (Å²) in [7, 11) is 0. The number of para-hydroxylation sites is 1. The van der Waals surface area contributed by atoms with Crippen LogP contribution >= 0.6 is 24.8 Å². The second-order valence-corrected chi connectivity index (χ2v) is 2.06. The number of fused-ring (bicyclic) bond motifs is 1. The smallest absolute Gasteiger partial charge is 0.0453 e. The maximum absolute atomic E-state index is 3.12. The summed E-state index contributed by atoms with van der Waals surface area (Å²) >= 11 is 0. The van der Waals surface area contributed by atoms with Crippen molar-refractivity contribution in [3.05, 3.63) is 36.5 Å². The zero-order valence-electron chi connectivity index (χ0n) is 6.28. The topological polar surface area (TPSA) is 47.3 Å². The van der Waals surface area contributed by atoms with E-state index in [1.165, 1.54) is 10.9 Å². The zero-order chi connectivity index (χ0) is 6.10. The first-order chi connectivity index (χ1) is 4.47. The fraction of sp³-hybridized carbons (Fsp3) is 0. The van der Waals surface area contributed by atoms with Gasteiger partial charge >= 0.3 is 0 Å². The van der Waals surface area contributed by atoms with Crippen molar-refractivity contribution in [3.63, 3.8) is 0 Å². The van der Waals surface area contributed by atoms with Gasteiger partial charge in [0, 0.05) is 11.7 Å². The Bertz CT molecular complexity index is 291. The summed E-state index contributed by atoms with van der Waals surface area (Å²) in [6.07, 6.45) is 1.95. The Kier molecular flexibility index (Phi) is 6.80. The molecule has 1 heterocycles. The van der Waals surface area contributed by atoms with E-state index in [0.29, 0.717) is 0 Å². The number of rotatable bonds is 0. The Morgan fingerprint density at radius 3 is 2.25 bits per heavy atom. The second-order valence-electron chi connectivity index (χ2n) is 2.06. The van der Waals surface area contributed by atoms with E-state index in [4.69, 9.17) is 0 Å². The molecule has 0 spiro atoms. The maximum atomic E-state index is 3.12. The Hall–Kier alpha value is -0.700. The molecule has 0 aliphatic heterocycles. The van der Waals surface area contributed by atoms with E-state index in [0.717, 1.165) is 0 Å². The van der Waals surface area contributed by atoms with Crippen LogP contribution in [-0.4, -0.2) is 10.5 Å². The summed E-state index contributed by atoms with van der Waals surface area (Å²) in [6, 6.07) is 10.3. The van der Waals surface area contributed by atoms with E-state index in [2.05, 4.69) is 23.2 Å². The number of aromatic amines is 1. The standard InChI is InChI=1S/C8H7N.2ClH.H2O/c1-2-4-8-7(3-1)5-6-9-8;;;/h1-6,9H;2*1H;1H2. The minimum absolute atomic E-state index is 0. The van der Waals surface area contributed by atoms with Crippen LogP contribution in [0.5, 0.6) is 0 Å². The van der Waals surface area contributed by atoms with Gasteiger partial charge in [0.15, 0.2) is 0 Å². The van der Waals surface area contributed by atoms with Crippen molar-refractivity contribution in [3.8, 4) is 0 Å². The van der Waals surface area contributed by atoms with Crippen LogP contribution in [0, 0.1) is 0 Å². The van der Waals surface area contributed by atoms with Crippen LogP contribution in [0.25, 0.3) is 10.9 Å². The van der Waals surface area contributed by atoms with Crippen LogP contribution < -0.4 is 0 Å². The summed E-state index contributed by atoms with van der Waals surface area (Å²) in [5.74, 6) is 0. The molecule has 0 atom stereocenters. The average molecular weight is 208 g/mol. The minimum atomic E-state index is 0. The van der Waals surface area contributed by atoms with Gasteiger partial charge in [0.25, 0.3) is 0 Å². The molecule has 12 heavy (non-hydrogen) atoms. The summed E-state index contributed by atoms with van der Waals surface area (Å²) in [5.41, 5.74) is 1.21. The highest BCUT2D eigenvalue weighted by molar-refractivity contribution is 5.85. The third-order valence-electron chi connectivity index (χ3n) is 1.46. The van der Waals surface area contributed by atoms with E-state index in [1.807, 2.05) is 18.3 Å². The molecule has 0 radical (unpaired) electrons. The van der Waals surface area contributed by atoms with Gasteiger partial charge in [-0.1, -0.05) is 18.2 Å². The molecular weight excluding hydrogens is 197 g/mol. The Morgan fingerprint density at radius 1 is 0.917 bits per heavy atom. The molecule has 3 N–H and O–H groups in total. The number of hydrogen-bond donors (Lipinski definition) is 1. The predicted octanol–water partition coefficient (Wildman–Crippen LogP) is 2.19. The van der Waals surface area contributed by atoms with Gasteiger partial charge in [0.1, 0.15) is 0 Å². The molecule has 1 aromatic heterocycles. The quantitative estimate of drug-likeness (QED) is 0.689. The second kappa shape index (κ2) is 5.89. The molecular formula is C8H11Cl2NO. The molecule has 2 rings (SSSR count). The summed E-state index contributed by atoms with van der Waals surface area (Å²) in [4.78, 5) is 3.12. The van der Waals surface area contributed by atoms with Gasteiger partial charge in [-0.15, -0.1) is 24.8 Å². The monoisotopic (exact) mass is 207 g/mol. The molecule has 4 heteroatoms. The lowest BCUT2D eigenvalue weighted by atomic mass is 10.3. The van der Waals surface area contributed by atoms with Crippen LogP contribution in [0.1, 0.15) is 0 Å². The van der Waals surface area contributed by atoms with E-state index >= 15 is 0 Å². The fourth-order valence-corrected chi connectivity index (χ4v) is 0.995. The summed E-state index contributed by atoms with van der Waals surface area (Å²) < 4.78 is 0.